The van der Waals surface area contributed by atoms with Gasteiger partial charge in [0.25, 0.3) is 0 Å². The molecule has 0 bridgehead atoms. The van der Waals surface area contributed by atoms with Gasteiger partial charge in [0.2, 0.25) is 15.9 Å². The Morgan fingerprint density at radius 1 is 1.13 bits per heavy atom. The molecular formula is C16H25N3O3S. The van der Waals surface area contributed by atoms with Crippen molar-refractivity contribution in [3.05, 3.63) is 30.3 Å². The van der Waals surface area contributed by atoms with Gasteiger partial charge >= 0.3 is 0 Å². The van der Waals surface area contributed by atoms with Crippen LogP contribution in [0.1, 0.15) is 13.8 Å². The zero-order chi connectivity index (χ0) is 16.9. The van der Waals surface area contributed by atoms with E-state index in [0.717, 1.165) is 13.1 Å². The van der Waals surface area contributed by atoms with Crippen molar-refractivity contribution in [2.45, 2.75) is 18.7 Å². The maximum atomic E-state index is 12.1. The molecule has 0 aliphatic carbocycles. The van der Waals surface area contributed by atoms with Crippen LogP contribution in [0, 0.1) is 5.92 Å². The summed E-state index contributed by atoms with van der Waals surface area (Å²) in [5.74, 6) is 0.216. The molecule has 1 N–H and O–H groups in total. The van der Waals surface area contributed by atoms with Gasteiger partial charge in [-0.3, -0.25) is 9.69 Å². The Balaban J connectivity index is 1.75. The number of nitrogens with one attached hydrogen (secondary N) is 1. The van der Waals surface area contributed by atoms with Crippen LogP contribution in [0.3, 0.4) is 0 Å². The van der Waals surface area contributed by atoms with Crippen LogP contribution in [-0.2, 0) is 14.8 Å². The van der Waals surface area contributed by atoms with E-state index in [9.17, 15) is 13.2 Å². The van der Waals surface area contributed by atoms with Crippen LogP contribution in [0.25, 0.3) is 0 Å². The molecule has 1 saturated heterocycles. The maximum Gasteiger partial charge on any atom is 0.240 e. The summed E-state index contributed by atoms with van der Waals surface area (Å²) in [6.45, 7) is 7.83. The van der Waals surface area contributed by atoms with E-state index in [1.807, 2.05) is 18.7 Å². The quantitative estimate of drug-likeness (QED) is 0.831. The van der Waals surface area contributed by atoms with Gasteiger partial charge in [-0.1, -0.05) is 32.0 Å². The summed E-state index contributed by atoms with van der Waals surface area (Å²) in [6, 6.07) is 8.37. The standard InChI is InChI=1S/C16H25N3O3S/c1-14(2)16(20)19-12-10-18(11-13-19)9-8-17-23(21,22)15-6-4-3-5-7-15/h3-7,14,17H,8-13H2,1-2H3. The fraction of sp³-hybridized carbons (Fsp3) is 0.562. The minimum absolute atomic E-state index is 0.0271. The zero-order valence-electron chi connectivity index (χ0n) is 13.7. The molecule has 1 amide bonds. The van der Waals surface area contributed by atoms with Gasteiger partial charge in [0, 0.05) is 45.2 Å². The summed E-state index contributed by atoms with van der Waals surface area (Å²) in [7, 11) is -3.44. The molecule has 0 saturated carbocycles. The number of amides is 1. The fourth-order valence-corrected chi connectivity index (χ4v) is 3.62. The number of sulfonamides is 1. The van der Waals surface area contributed by atoms with E-state index < -0.39 is 10.0 Å². The van der Waals surface area contributed by atoms with Crippen molar-refractivity contribution in [2.24, 2.45) is 5.92 Å². The van der Waals surface area contributed by atoms with E-state index in [1.54, 1.807) is 30.3 Å². The van der Waals surface area contributed by atoms with E-state index in [-0.39, 0.29) is 16.7 Å². The Kier molecular flexibility index (Phi) is 6.15. The van der Waals surface area contributed by atoms with Crippen LogP contribution in [0.15, 0.2) is 35.2 Å². The molecule has 1 fully saturated rings. The van der Waals surface area contributed by atoms with Crippen LogP contribution in [-0.4, -0.2) is 63.4 Å². The van der Waals surface area contributed by atoms with Crippen molar-refractivity contribution in [1.29, 1.82) is 0 Å². The van der Waals surface area contributed by atoms with Gasteiger partial charge in [0.15, 0.2) is 0 Å². The number of hydrogen-bond acceptors (Lipinski definition) is 4. The number of carbonyl (C=O) groups is 1. The summed E-state index contributed by atoms with van der Waals surface area (Å²) in [5, 5.41) is 0. The van der Waals surface area contributed by atoms with Crippen molar-refractivity contribution in [2.75, 3.05) is 39.3 Å². The Morgan fingerprint density at radius 3 is 2.30 bits per heavy atom. The minimum Gasteiger partial charge on any atom is -0.340 e. The Hall–Kier alpha value is -1.44. The number of rotatable bonds is 6. The second-order valence-corrected chi connectivity index (χ2v) is 7.80. The van der Waals surface area contributed by atoms with Gasteiger partial charge in [0.1, 0.15) is 0 Å². The molecule has 23 heavy (non-hydrogen) atoms. The lowest BCUT2D eigenvalue weighted by Gasteiger charge is -2.35. The first kappa shape index (κ1) is 17.9. The predicted octanol–water partition coefficient (Wildman–Crippen LogP) is 0.765. The van der Waals surface area contributed by atoms with Crippen molar-refractivity contribution in [3.63, 3.8) is 0 Å². The summed E-state index contributed by atoms with van der Waals surface area (Å²) < 4.78 is 26.8. The number of benzene rings is 1. The first-order valence-electron chi connectivity index (χ1n) is 7.96. The van der Waals surface area contributed by atoms with Gasteiger partial charge in [-0.25, -0.2) is 13.1 Å². The van der Waals surface area contributed by atoms with Gasteiger partial charge < -0.3 is 4.90 Å². The van der Waals surface area contributed by atoms with Crippen LogP contribution >= 0.6 is 0 Å². The van der Waals surface area contributed by atoms with E-state index >= 15 is 0 Å². The van der Waals surface area contributed by atoms with Crippen LogP contribution < -0.4 is 4.72 Å². The molecule has 0 unspecified atom stereocenters. The maximum absolute atomic E-state index is 12.1. The highest BCUT2D eigenvalue weighted by atomic mass is 32.2. The van der Waals surface area contributed by atoms with E-state index in [1.165, 1.54) is 0 Å². The Labute approximate surface area is 138 Å². The first-order valence-corrected chi connectivity index (χ1v) is 9.44. The molecule has 1 aliphatic heterocycles. The lowest BCUT2D eigenvalue weighted by Crippen LogP contribution is -2.51. The molecule has 0 aromatic heterocycles. The van der Waals surface area contributed by atoms with E-state index in [0.29, 0.717) is 26.2 Å². The molecule has 128 valence electrons. The molecule has 0 spiro atoms. The second kappa shape index (κ2) is 7.90. The van der Waals surface area contributed by atoms with Crippen LogP contribution in [0.5, 0.6) is 0 Å². The Morgan fingerprint density at radius 2 is 1.74 bits per heavy atom. The average molecular weight is 339 g/mol. The van der Waals surface area contributed by atoms with Crippen molar-refractivity contribution in [3.8, 4) is 0 Å². The van der Waals surface area contributed by atoms with Crippen molar-refractivity contribution in [1.82, 2.24) is 14.5 Å². The summed E-state index contributed by atoms with van der Waals surface area (Å²) in [4.78, 5) is 16.3. The van der Waals surface area contributed by atoms with E-state index in [4.69, 9.17) is 0 Å². The number of carbonyl (C=O) groups excluding carboxylic acids is 1. The molecular weight excluding hydrogens is 314 g/mol. The van der Waals surface area contributed by atoms with Crippen molar-refractivity contribution < 1.29 is 13.2 Å². The molecule has 2 rings (SSSR count). The number of hydrogen-bond donors (Lipinski definition) is 1. The molecule has 0 atom stereocenters. The third-order valence-corrected chi connectivity index (χ3v) is 5.43. The first-order chi connectivity index (χ1) is 10.9. The minimum atomic E-state index is -3.44. The summed E-state index contributed by atoms with van der Waals surface area (Å²) >= 11 is 0. The lowest BCUT2D eigenvalue weighted by molar-refractivity contribution is -0.136. The predicted molar refractivity (Wildman–Crippen MR) is 89.5 cm³/mol. The topological polar surface area (TPSA) is 69.7 Å². The fourth-order valence-electron chi connectivity index (χ4n) is 2.58. The van der Waals surface area contributed by atoms with Gasteiger partial charge in [0.05, 0.1) is 4.90 Å². The van der Waals surface area contributed by atoms with Gasteiger partial charge in [-0.2, -0.15) is 0 Å². The van der Waals surface area contributed by atoms with Gasteiger partial charge in [-0.05, 0) is 12.1 Å². The van der Waals surface area contributed by atoms with E-state index in [2.05, 4.69) is 9.62 Å². The third-order valence-electron chi connectivity index (χ3n) is 3.95. The van der Waals surface area contributed by atoms with Gasteiger partial charge in [-0.15, -0.1) is 0 Å². The molecule has 6 nitrogen and oxygen atoms in total. The molecule has 1 heterocycles. The number of nitrogens with zero attached hydrogens (tertiary/aromatic N) is 2. The normalized spacial score (nSPS) is 16.7. The number of piperazine rings is 1. The third kappa shape index (κ3) is 5.02. The molecule has 7 heteroatoms. The smallest absolute Gasteiger partial charge is 0.240 e. The lowest BCUT2D eigenvalue weighted by atomic mass is 10.1. The molecule has 1 aromatic carbocycles. The molecule has 1 aliphatic rings. The Bertz CT molecular complexity index is 609. The largest absolute Gasteiger partial charge is 0.340 e. The zero-order valence-corrected chi connectivity index (χ0v) is 14.6. The summed E-state index contributed by atoms with van der Waals surface area (Å²) in [5.41, 5.74) is 0. The highest BCUT2D eigenvalue weighted by Gasteiger charge is 2.22. The SMILES string of the molecule is CC(C)C(=O)N1CCN(CCNS(=O)(=O)c2ccccc2)CC1. The summed E-state index contributed by atoms with van der Waals surface area (Å²) in [6.07, 6.45) is 0. The van der Waals surface area contributed by atoms with Crippen LogP contribution in [0.4, 0.5) is 0 Å². The molecule has 1 aromatic rings. The average Bonchev–Trinajstić information content (AvgIpc) is 2.55. The monoisotopic (exact) mass is 339 g/mol. The highest BCUT2D eigenvalue weighted by molar-refractivity contribution is 7.89. The highest BCUT2D eigenvalue weighted by Crippen LogP contribution is 2.08. The van der Waals surface area contributed by atoms with Crippen molar-refractivity contribution >= 4 is 15.9 Å². The second-order valence-electron chi connectivity index (χ2n) is 6.03. The van der Waals surface area contributed by atoms with Crippen LogP contribution in [0.2, 0.25) is 0 Å². The molecule has 0 radical (unpaired) electrons.